The molecule has 0 aliphatic carbocycles. The average Bonchev–Trinajstić information content (AvgIpc) is 2.31. The van der Waals surface area contributed by atoms with Crippen molar-refractivity contribution in [2.75, 3.05) is 11.9 Å². The largest absolute Gasteiger partial charge is 0.480 e. The van der Waals surface area contributed by atoms with Crippen LogP contribution in [0, 0.1) is 3.57 Å². The molecule has 0 fully saturated rings. The van der Waals surface area contributed by atoms with Crippen molar-refractivity contribution in [1.29, 1.82) is 0 Å². The van der Waals surface area contributed by atoms with Crippen molar-refractivity contribution in [2.24, 2.45) is 0 Å². The molecule has 0 aliphatic rings. The molecule has 0 spiro atoms. The van der Waals surface area contributed by atoms with Crippen LogP contribution in [0.1, 0.15) is 6.42 Å². The number of carboxylic acids is 1. The van der Waals surface area contributed by atoms with Gasteiger partial charge >= 0.3 is 12.0 Å². The van der Waals surface area contributed by atoms with Crippen LogP contribution < -0.4 is 10.6 Å². The summed E-state index contributed by atoms with van der Waals surface area (Å²) in [6.07, 6.45) is -0.0331. The van der Waals surface area contributed by atoms with E-state index < -0.39 is 18.0 Å². The molecule has 2 amide bonds. The maximum Gasteiger partial charge on any atom is 0.326 e. The lowest BCUT2D eigenvalue weighted by atomic mass is 10.2. The number of hydrogen-bond donors (Lipinski definition) is 4. The number of urea groups is 1. The van der Waals surface area contributed by atoms with Crippen molar-refractivity contribution in [1.82, 2.24) is 5.32 Å². The van der Waals surface area contributed by atoms with Gasteiger partial charge in [0.25, 0.3) is 0 Å². The molecule has 0 unspecified atom stereocenters. The van der Waals surface area contributed by atoms with Crippen LogP contribution in [0.2, 0.25) is 0 Å². The number of benzene rings is 1. The SMILES string of the molecule is O=C(Nc1ccccc1I)N[C@H](CCO)C(=O)O. The summed E-state index contributed by atoms with van der Waals surface area (Å²) in [5.74, 6) is -1.18. The Morgan fingerprint density at radius 3 is 2.56 bits per heavy atom. The van der Waals surface area contributed by atoms with Crippen LogP contribution in [0.25, 0.3) is 0 Å². The van der Waals surface area contributed by atoms with Crippen LogP contribution >= 0.6 is 22.6 Å². The number of carboxylic acid groups (broad SMARTS) is 1. The van der Waals surface area contributed by atoms with Crippen LogP contribution in [-0.2, 0) is 4.79 Å². The second-order valence-corrected chi connectivity index (χ2v) is 4.64. The summed E-state index contributed by atoms with van der Waals surface area (Å²) in [7, 11) is 0. The second-order valence-electron chi connectivity index (χ2n) is 3.48. The van der Waals surface area contributed by atoms with E-state index in [1.807, 2.05) is 12.1 Å². The number of amides is 2. The average molecular weight is 364 g/mol. The van der Waals surface area contributed by atoms with Crippen molar-refractivity contribution in [3.63, 3.8) is 0 Å². The van der Waals surface area contributed by atoms with Gasteiger partial charge < -0.3 is 20.8 Å². The molecular formula is C11H13IN2O4. The lowest BCUT2D eigenvalue weighted by Gasteiger charge is -2.14. The Labute approximate surface area is 118 Å². The molecule has 0 aromatic heterocycles. The minimum absolute atomic E-state index is 0.0331. The van der Waals surface area contributed by atoms with E-state index >= 15 is 0 Å². The number of aliphatic hydroxyl groups is 1. The van der Waals surface area contributed by atoms with Crippen molar-refractivity contribution in [2.45, 2.75) is 12.5 Å². The van der Waals surface area contributed by atoms with Gasteiger partial charge in [0.2, 0.25) is 0 Å². The van der Waals surface area contributed by atoms with Gasteiger partial charge in [0, 0.05) is 16.6 Å². The summed E-state index contributed by atoms with van der Waals surface area (Å²) in [5.41, 5.74) is 0.601. The van der Waals surface area contributed by atoms with E-state index in [4.69, 9.17) is 10.2 Å². The molecule has 1 aromatic carbocycles. The van der Waals surface area contributed by atoms with Crippen LogP contribution in [0.5, 0.6) is 0 Å². The number of carbonyl (C=O) groups excluding carboxylic acids is 1. The molecule has 6 nitrogen and oxygen atoms in total. The van der Waals surface area contributed by atoms with Gasteiger partial charge in [0.05, 0.1) is 5.69 Å². The summed E-state index contributed by atoms with van der Waals surface area (Å²) in [5, 5.41) is 22.3. The molecule has 0 saturated carbocycles. The van der Waals surface area contributed by atoms with Gasteiger partial charge in [0.1, 0.15) is 6.04 Å². The predicted octanol–water partition coefficient (Wildman–Crippen LogP) is 1.25. The quantitative estimate of drug-likeness (QED) is 0.591. The summed E-state index contributed by atoms with van der Waals surface area (Å²) in [6.45, 7) is -0.305. The Kier molecular flexibility index (Phi) is 5.86. The van der Waals surface area contributed by atoms with Crippen LogP contribution in [0.3, 0.4) is 0 Å². The molecule has 0 bridgehead atoms. The zero-order chi connectivity index (χ0) is 13.5. The third kappa shape index (κ3) is 4.49. The highest BCUT2D eigenvalue weighted by molar-refractivity contribution is 14.1. The Morgan fingerprint density at radius 2 is 2.00 bits per heavy atom. The molecule has 18 heavy (non-hydrogen) atoms. The minimum Gasteiger partial charge on any atom is -0.480 e. The summed E-state index contributed by atoms with van der Waals surface area (Å²) < 4.78 is 0.847. The number of para-hydroxylation sites is 1. The highest BCUT2D eigenvalue weighted by Gasteiger charge is 2.19. The summed E-state index contributed by atoms with van der Waals surface area (Å²) >= 11 is 2.06. The molecule has 1 atom stereocenters. The fraction of sp³-hybridized carbons (Fsp3) is 0.273. The van der Waals surface area contributed by atoms with E-state index in [1.165, 1.54) is 0 Å². The van der Waals surface area contributed by atoms with E-state index in [1.54, 1.807) is 12.1 Å². The first-order valence-corrected chi connectivity index (χ1v) is 6.28. The lowest BCUT2D eigenvalue weighted by Crippen LogP contribution is -2.43. The zero-order valence-electron chi connectivity index (χ0n) is 9.39. The fourth-order valence-electron chi connectivity index (χ4n) is 1.27. The number of hydrogen-bond acceptors (Lipinski definition) is 3. The molecule has 7 heteroatoms. The van der Waals surface area contributed by atoms with Gasteiger partial charge in [-0.25, -0.2) is 9.59 Å². The fourth-order valence-corrected chi connectivity index (χ4v) is 1.79. The number of aliphatic carboxylic acids is 1. The molecule has 98 valence electrons. The maximum absolute atomic E-state index is 11.6. The van der Waals surface area contributed by atoms with Crippen LogP contribution in [-0.4, -0.2) is 34.9 Å². The Hall–Kier alpha value is -1.35. The number of nitrogens with one attached hydrogen (secondary N) is 2. The predicted molar refractivity (Wildman–Crippen MR) is 74.4 cm³/mol. The number of halogens is 1. The molecular weight excluding hydrogens is 351 g/mol. The van der Waals surface area contributed by atoms with Crippen molar-refractivity contribution in [3.8, 4) is 0 Å². The maximum atomic E-state index is 11.6. The van der Waals surface area contributed by atoms with E-state index in [0.717, 1.165) is 3.57 Å². The monoisotopic (exact) mass is 364 g/mol. The van der Waals surface area contributed by atoms with E-state index in [9.17, 15) is 9.59 Å². The molecule has 1 aromatic rings. The summed E-state index contributed by atoms with van der Waals surface area (Å²) in [6, 6.07) is 5.41. The van der Waals surface area contributed by atoms with Crippen molar-refractivity contribution >= 4 is 40.3 Å². The third-order valence-electron chi connectivity index (χ3n) is 2.14. The van der Waals surface area contributed by atoms with Gasteiger partial charge in [-0.15, -0.1) is 0 Å². The van der Waals surface area contributed by atoms with Gasteiger partial charge in [-0.1, -0.05) is 12.1 Å². The smallest absolute Gasteiger partial charge is 0.326 e. The van der Waals surface area contributed by atoms with E-state index in [0.29, 0.717) is 5.69 Å². The number of carbonyl (C=O) groups is 2. The zero-order valence-corrected chi connectivity index (χ0v) is 11.5. The normalized spacial score (nSPS) is 11.7. The molecule has 4 N–H and O–H groups in total. The highest BCUT2D eigenvalue weighted by atomic mass is 127. The van der Waals surface area contributed by atoms with E-state index in [2.05, 4.69) is 33.2 Å². The lowest BCUT2D eigenvalue weighted by molar-refractivity contribution is -0.139. The number of rotatable bonds is 5. The Morgan fingerprint density at radius 1 is 1.33 bits per heavy atom. The Balaban J connectivity index is 2.61. The Bertz CT molecular complexity index is 439. The van der Waals surface area contributed by atoms with Gasteiger partial charge in [-0.3, -0.25) is 0 Å². The van der Waals surface area contributed by atoms with Crippen LogP contribution in [0.4, 0.5) is 10.5 Å². The number of aliphatic hydroxyl groups excluding tert-OH is 1. The standard InChI is InChI=1S/C11H13IN2O4/c12-7-3-1-2-4-8(7)13-11(18)14-9(5-6-15)10(16)17/h1-4,9,15H,5-6H2,(H,16,17)(H2,13,14,18)/t9-/m1/s1. The first-order chi connectivity index (χ1) is 8.54. The van der Waals surface area contributed by atoms with Crippen molar-refractivity contribution < 1.29 is 19.8 Å². The molecule has 0 aliphatic heterocycles. The molecule has 0 heterocycles. The minimum atomic E-state index is -1.18. The van der Waals surface area contributed by atoms with Crippen LogP contribution in [0.15, 0.2) is 24.3 Å². The van der Waals surface area contributed by atoms with E-state index in [-0.39, 0.29) is 13.0 Å². The number of anilines is 1. The van der Waals surface area contributed by atoms with Gasteiger partial charge in [-0.2, -0.15) is 0 Å². The first-order valence-electron chi connectivity index (χ1n) is 5.20. The highest BCUT2D eigenvalue weighted by Crippen LogP contribution is 2.16. The molecule has 0 saturated heterocycles. The topological polar surface area (TPSA) is 98.7 Å². The second kappa shape index (κ2) is 7.17. The van der Waals surface area contributed by atoms with Gasteiger partial charge in [-0.05, 0) is 34.7 Å². The van der Waals surface area contributed by atoms with Gasteiger partial charge in [0.15, 0.2) is 0 Å². The third-order valence-corrected chi connectivity index (χ3v) is 3.08. The molecule has 0 radical (unpaired) electrons. The molecule has 1 rings (SSSR count). The first kappa shape index (κ1) is 14.7. The van der Waals surface area contributed by atoms with Crippen molar-refractivity contribution in [3.05, 3.63) is 27.8 Å². The summed E-state index contributed by atoms with van der Waals surface area (Å²) in [4.78, 5) is 22.4.